The third kappa shape index (κ3) is 2.20. The van der Waals surface area contributed by atoms with Crippen molar-refractivity contribution >= 4 is 17.3 Å². The lowest BCUT2D eigenvalue weighted by atomic mass is 10.3. The molecule has 2 N–H and O–H groups in total. The van der Waals surface area contributed by atoms with Crippen LogP contribution in [0.1, 0.15) is 5.82 Å². The van der Waals surface area contributed by atoms with Crippen LogP contribution in [0.15, 0.2) is 24.3 Å². The molecule has 0 spiro atoms. The minimum atomic E-state index is 0.525. The maximum absolute atomic E-state index is 5.82. The molecule has 2 rings (SSSR count). The maximum atomic E-state index is 5.82. The first-order valence-electron chi connectivity index (χ1n) is 4.06. The molecule has 5 nitrogen and oxygen atoms in total. The topological polar surface area (TPSA) is 66.5 Å². The normalized spacial score (nSPS) is 10.1. The number of nitrogens with one attached hydrogen (secondary N) is 2. The number of halogens is 1. The van der Waals surface area contributed by atoms with Gasteiger partial charge in [0.1, 0.15) is 0 Å². The first kappa shape index (κ1) is 8.96. The Morgan fingerprint density at radius 3 is 3.07 bits per heavy atom. The number of H-pyrrole nitrogens is 1. The molecule has 0 atom stereocenters. The van der Waals surface area contributed by atoms with Crippen LogP contribution in [-0.4, -0.2) is 20.6 Å². The van der Waals surface area contributed by atoms with Gasteiger partial charge in [-0.05, 0) is 18.2 Å². The number of benzene rings is 1. The average molecular weight is 210 g/mol. The fourth-order valence-corrected chi connectivity index (χ4v) is 1.23. The van der Waals surface area contributed by atoms with Crippen LogP contribution in [0.3, 0.4) is 0 Å². The molecule has 0 fully saturated rings. The summed E-state index contributed by atoms with van der Waals surface area (Å²) in [7, 11) is 0. The van der Waals surface area contributed by atoms with E-state index in [1.165, 1.54) is 0 Å². The molecule has 0 aliphatic carbocycles. The van der Waals surface area contributed by atoms with Crippen molar-refractivity contribution in [1.29, 1.82) is 0 Å². The second-order valence-electron chi connectivity index (χ2n) is 2.69. The summed E-state index contributed by atoms with van der Waals surface area (Å²) >= 11 is 5.82. The molecule has 1 aromatic carbocycles. The van der Waals surface area contributed by atoms with Gasteiger partial charge in [-0.1, -0.05) is 22.9 Å². The minimum Gasteiger partial charge on any atom is -0.378 e. The van der Waals surface area contributed by atoms with Crippen LogP contribution in [0.4, 0.5) is 5.69 Å². The van der Waals surface area contributed by atoms with Gasteiger partial charge in [0.05, 0.1) is 6.54 Å². The molecule has 0 saturated carbocycles. The van der Waals surface area contributed by atoms with E-state index in [1.807, 2.05) is 24.3 Å². The predicted octanol–water partition coefficient (Wildman–Crippen LogP) is 1.47. The van der Waals surface area contributed by atoms with E-state index in [-0.39, 0.29) is 0 Å². The molecule has 0 unspecified atom stereocenters. The number of nitrogens with zero attached hydrogens (tertiary/aromatic N) is 3. The molecular formula is C8H8ClN5. The predicted molar refractivity (Wildman–Crippen MR) is 53.0 cm³/mol. The van der Waals surface area contributed by atoms with Crippen molar-refractivity contribution in [3.05, 3.63) is 35.1 Å². The number of rotatable bonds is 3. The van der Waals surface area contributed by atoms with Crippen LogP contribution >= 0.6 is 11.6 Å². The number of tetrazole rings is 1. The summed E-state index contributed by atoms with van der Waals surface area (Å²) in [5, 5.41) is 17.3. The highest BCUT2D eigenvalue weighted by molar-refractivity contribution is 6.30. The number of anilines is 1. The summed E-state index contributed by atoms with van der Waals surface area (Å²) in [5.74, 6) is 0.616. The van der Waals surface area contributed by atoms with Crippen molar-refractivity contribution in [3.8, 4) is 0 Å². The number of aromatic nitrogens is 4. The van der Waals surface area contributed by atoms with E-state index in [0.717, 1.165) is 5.69 Å². The summed E-state index contributed by atoms with van der Waals surface area (Å²) in [6.07, 6.45) is 0. The molecule has 14 heavy (non-hydrogen) atoms. The van der Waals surface area contributed by atoms with Crippen molar-refractivity contribution in [2.45, 2.75) is 6.54 Å². The lowest BCUT2D eigenvalue weighted by Gasteiger charge is -2.02. The Morgan fingerprint density at radius 1 is 1.43 bits per heavy atom. The van der Waals surface area contributed by atoms with Gasteiger partial charge < -0.3 is 5.32 Å². The highest BCUT2D eigenvalue weighted by atomic mass is 35.5. The van der Waals surface area contributed by atoms with E-state index >= 15 is 0 Å². The molecule has 0 amide bonds. The van der Waals surface area contributed by atoms with Crippen molar-refractivity contribution < 1.29 is 0 Å². The van der Waals surface area contributed by atoms with E-state index < -0.39 is 0 Å². The second kappa shape index (κ2) is 4.06. The van der Waals surface area contributed by atoms with Crippen molar-refractivity contribution in [2.75, 3.05) is 5.32 Å². The zero-order chi connectivity index (χ0) is 9.80. The third-order valence-electron chi connectivity index (χ3n) is 1.66. The van der Waals surface area contributed by atoms with E-state index in [1.54, 1.807) is 0 Å². The van der Waals surface area contributed by atoms with Gasteiger partial charge in [0.15, 0.2) is 5.82 Å². The largest absolute Gasteiger partial charge is 0.378 e. The van der Waals surface area contributed by atoms with Crippen LogP contribution in [0.25, 0.3) is 0 Å². The highest BCUT2D eigenvalue weighted by Crippen LogP contribution is 2.14. The van der Waals surface area contributed by atoms with Crippen molar-refractivity contribution in [3.63, 3.8) is 0 Å². The SMILES string of the molecule is Clc1cccc(NCc2nn[nH]n2)c1. The molecule has 72 valence electrons. The molecule has 2 aromatic rings. The summed E-state index contributed by atoms with van der Waals surface area (Å²) in [5.41, 5.74) is 0.933. The molecule has 0 radical (unpaired) electrons. The van der Waals surface area contributed by atoms with E-state index in [2.05, 4.69) is 25.9 Å². The zero-order valence-corrected chi connectivity index (χ0v) is 7.99. The van der Waals surface area contributed by atoms with E-state index in [9.17, 15) is 0 Å². The minimum absolute atomic E-state index is 0.525. The van der Waals surface area contributed by atoms with Gasteiger partial charge in [0, 0.05) is 10.7 Å². The highest BCUT2D eigenvalue weighted by Gasteiger charge is 1.97. The Bertz CT molecular complexity index is 400. The molecular weight excluding hydrogens is 202 g/mol. The maximum Gasteiger partial charge on any atom is 0.193 e. The van der Waals surface area contributed by atoms with Gasteiger partial charge in [0.2, 0.25) is 0 Å². The summed E-state index contributed by atoms with van der Waals surface area (Å²) < 4.78 is 0. The van der Waals surface area contributed by atoms with Gasteiger partial charge in [-0.15, -0.1) is 10.2 Å². The Labute approximate surface area is 85.5 Å². The van der Waals surface area contributed by atoms with Crippen LogP contribution in [0.2, 0.25) is 5.02 Å². The Hall–Kier alpha value is -1.62. The van der Waals surface area contributed by atoms with Crippen LogP contribution in [0, 0.1) is 0 Å². The molecule has 0 aliphatic heterocycles. The van der Waals surface area contributed by atoms with Crippen molar-refractivity contribution in [2.24, 2.45) is 0 Å². The zero-order valence-electron chi connectivity index (χ0n) is 7.24. The number of hydrogen-bond donors (Lipinski definition) is 2. The molecule has 0 bridgehead atoms. The smallest absolute Gasteiger partial charge is 0.193 e. The van der Waals surface area contributed by atoms with Crippen LogP contribution in [-0.2, 0) is 6.54 Å². The van der Waals surface area contributed by atoms with E-state index in [0.29, 0.717) is 17.4 Å². The lowest BCUT2D eigenvalue weighted by Crippen LogP contribution is -2.01. The quantitative estimate of drug-likeness (QED) is 0.804. The summed E-state index contributed by atoms with van der Waals surface area (Å²) in [4.78, 5) is 0. The van der Waals surface area contributed by atoms with Gasteiger partial charge in [-0.25, -0.2) is 0 Å². The lowest BCUT2D eigenvalue weighted by molar-refractivity contribution is 0.881. The fraction of sp³-hybridized carbons (Fsp3) is 0.125. The standard InChI is InChI=1S/C8H8ClN5/c9-6-2-1-3-7(4-6)10-5-8-11-13-14-12-8/h1-4,10H,5H2,(H,11,12,13,14). The first-order valence-corrected chi connectivity index (χ1v) is 4.44. The fourth-order valence-electron chi connectivity index (χ4n) is 1.04. The second-order valence-corrected chi connectivity index (χ2v) is 3.13. The van der Waals surface area contributed by atoms with Crippen LogP contribution < -0.4 is 5.32 Å². The van der Waals surface area contributed by atoms with Gasteiger partial charge >= 0.3 is 0 Å². The monoisotopic (exact) mass is 209 g/mol. The Kier molecular flexibility index (Phi) is 2.60. The summed E-state index contributed by atoms with van der Waals surface area (Å²) in [6.45, 7) is 0.525. The number of aromatic amines is 1. The molecule has 0 aliphatic rings. The number of hydrogen-bond acceptors (Lipinski definition) is 4. The molecule has 6 heteroatoms. The first-order chi connectivity index (χ1) is 6.84. The van der Waals surface area contributed by atoms with Gasteiger partial charge in [-0.3, -0.25) is 0 Å². The van der Waals surface area contributed by atoms with Gasteiger partial charge in [-0.2, -0.15) is 5.21 Å². The van der Waals surface area contributed by atoms with Gasteiger partial charge in [0.25, 0.3) is 0 Å². The Morgan fingerprint density at radius 2 is 2.36 bits per heavy atom. The Balaban J connectivity index is 1.98. The molecule has 1 heterocycles. The summed E-state index contributed by atoms with van der Waals surface area (Å²) in [6, 6.07) is 7.45. The third-order valence-corrected chi connectivity index (χ3v) is 1.90. The van der Waals surface area contributed by atoms with Crippen LogP contribution in [0.5, 0.6) is 0 Å². The van der Waals surface area contributed by atoms with Crippen molar-refractivity contribution in [1.82, 2.24) is 20.6 Å². The van der Waals surface area contributed by atoms with E-state index in [4.69, 9.17) is 11.6 Å². The average Bonchev–Trinajstić information content (AvgIpc) is 2.67. The molecule has 0 saturated heterocycles. The molecule has 1 aromatic heterocycles.